The first kappa shape index (κ1) is 15.1. The maximum absolute atomic E-state index is 12.5. The van der Waals surface area contributed by atoms with Crippen molar-refractivity contribution in [3.63, 3.8) is 0 Å². The van der Waals surface area contributed by atoms with E-state index in [0.717, 1.165) is 0 Å². The molecule has 2 heterocycles. The molecule has 2 amide bonds. The lowest BCUT2D eigenvalue weighted by molar-refractivity contribution is -0.180. The van der Waals surface area contributed by atoms with Crippen LogP contribution in [0, 0.1) is 5.92 Å². The van der Waals surface area contributed by atoms with E-state index in [4.69, 9.17) is 0 Å². The number of carbonyl (C=O) groups is 2. The molecule has 2 aliphatic rings. The van der Waals surface area contributed by atoms with Gasteiger partial charge in [-0.2, -0.15) is 13.2 Å². The largest absolute Gasteiger partial charge is 0.393 e. The second-order valence-electron chi connectivity index (χ2n) is 5.24. The van der Waals surface area contributed by atoms with Crippen molar-refractivity contribution in [1.29, 1.82) is 0 Å². The number of alkyl halides is 3. The smallest absolute Gasteiger partial charge is 0.354 e. The average molecular weight is 293 g/mol. The van der Waals surface area contributed by atoms with E-state index < -0.39 is 18.1 Å². The highest BCUT2D eigenvalue weighted by molar-refractivity contribution is 5.87. The summed E-state index contributed by atoms with van der Waals surface area (Å²) in [7, 11) is 0. The molecule has 114 valence electrons. The van der Waals surface area contributed by atoms with Crippen molar-refractivity contribution >= 4 is 11.8 Å². The molecule has 0 spiro atoms. The number of amides is 2. The van der Waals surface area contributed by atoms with Crippen LogP contribution in [-0.2, 0) is 9.59 Å². The predicted molar refractivity (Wildman–Crippen MR) is 64.8 cm³/mol. The molecule has 0 saturated carbocycles. The fourth-order valence-corrected chi connectivity index (χ4v) is 2.56. The Morgan fingerprint density at radius 1 is 1.30 bits per heavy atom. The number of rotatable bonds is 1. The number of hydrogen-bond donors (Lipinski definition) is 2. The van der Waals surface area contributed by atoms with Gasteiger partial charge < -0.3 is 15.5 Å². The molecule has 5 nitrogen and oxygen atoms in total. The standard InChI is InChI=1S/C12H18F3N3O2/c13-12(14,15)8-2-3-9(17-6-8)11(20)18-5-1-4-16-10(19)7-18/h8-9,17H,1-7H2,(H,16,19). The zero-order valence-corrected chi connectivity index (χ0v) is 11.0. The Labute approximate surface area is 114 Å². The van der Waals surface area contributed by atoms with E-state index >= 15 is 0 Å². The van der Waals surface area contributed by atoms with Gasteiger partial charge in [-0.25, -0.2) is 0 Å². The van der Waals surface area contributed by atoms with Gasteiger partial charge in [0.05, 0.1) is 18.5 Å². The van der Waals surface area contributed by atoms with E-state index in [1.165, 1.54) is 4.90 Å². The summed E-state index contributed by atoms with van der Waals surface area (Å²) in [6.45, 7) is 0.731. The first-order valence-electron chi connectivity index (χ1n) is 6.73. The van der Waals surface area contributed by atoms with Gasteiger partial charge in [0.2, 0.25) is 11.8 Å². The van der Waals surface area contributed by atoms with Gasteiger partial charge in [0.1, 0.15) is 0 Å². The van der Waals surface area contributed by atoms with Crippen LogP contribution < -0.4 is 10.6 Å². The van der Waals surface area contributed by atoms with Crippen molar-refractivity contribution in [2.75, 3.05) is 26.2 Å². The Balaban J connectivity index is 1.89. The van der Waals surface area contributed by atoms with Crippen molar-refractivity contribution in [2.45, 2.75) is 31.5 Å². The SMILES string of the molecule is O=C1CN(C(=O)C2CCC(C(F)(F)F)CN2)CCCN1. The zero-order chi connectivity index (χ0) is 14.8. The normalized spacial score (nSPS) is 28.8. The quantitative estimate of drug-likeness (QED) is 0.729. The van der Waals surface area contributed by atoms with Gasteiger partial charge in [-0.3, -0.25) is 9.59 Å². The summed E-state index contributed by atoms with van der Waals surface area (Å²) >= 11 is 0. The summed E-state index contributed by atoms with van der Waals surface area (Å²) in [5.41, 5.74) is 0. The molecule has 0 aliphatic carbocycles. The lowest BCUT2D eigenvalue weighted by Gasteiger charge is -2.33. The zero-order valence-electron chi connectivity index (χ0n) is 11.0. The van der Waals surface area contributed by atoms with Crippen molar-refractivity contribution in [2.24, 2.45) is 5.92 Å². The summed E-state index contributed by atoms with van der Waals surface area (Å²) < 4.78 is 37.6. The maximum atomic E-state index is 12.5. The second kappa shape index (κ2) is 5.99. The molecule has 2 rings (SSSR count). The highest BCUT2D eigenvalue weighted by Gasteiger charge is 2.43. The first-order chi connectivity index (χ1) is 9.38. The van der Waals surface area contributed by atoms with Crippen LogP contribution in [0.4, 0.5) is 13.2 Å². The fourth-order valence-electron chi connectivity index (χ4n) is 2.56. The summed E-state index contributed by atoms with van der Waals surface area (Å²) in [6, 6.07) is -0.612. The molecule has 0 aromatic heterocycles. The molecule has 0 bridgehead atoms. The summed E-state index contributed by atoms with van der Waals surface area (Å²) in [5, 5.41) is 5.32. The second-order valence-corrected chi connectivity index (χ2v) is 5.24. The minimum Gasteiger partial charge on any atom is -0.354 e. The molecule has 8 heteroatoms. The third-order valence-corrected chi connectivity index (χ3v) is 3.75. The Morgan fingerprint density at radius 3 is 2.65 bits per heavy atom. The molecular formula is C12H18F3N3O2. The van der Waals surface area contributed by atoms with Gasteiger partial charge in [-0.15, -0.1) is 0 Å². The predicted octanol–water partition coefficient (Wildman–Crippen LogP) is 0.265. The van der Waals surface area contributed by atoms with Crippen LogP contribution in [0.2, 0.25) is 0 Å². The van der Waals surface area contributed by atoms with E-state index in [2.05, 4.69) is 10.6 Å². The maximum Gasteiger partial charge on any atom is 0.393 e. The van der Waals surface area contributed by atoms with Crippen LogP contribution in [0.5, 0.6) is 0 Å². The molecule has 2 unspecified atom stereocenters. The lowest BCUT2D eigenvalue weighted by Crippen LogP contribution is -2.53. The molecule has 2 aliphatic heterocycles. The van der Waals surface area contributed by atoms with E-state index in [0.29, 0.717) is 19.5 Å². The number of nitrogens with zero attached hydrogens (tertiary/aromatic N) is 1. The number of piperidine rings is 1. The van der Waals surface area contributed by atoms with Gasteiger partial charge in [-0.1, -0.05) is 0 Å². The highest BCUT2D eigenvalue weighted by atomic mass is 19.4. The molecule has 2 fully saturated rings. The molecule has 2 atom stereocenters. The molecule has 20 heavy (non-hydrogen) atoms. The molecule has 0 aromatic rings. The minimum absolute atomic E-state index is 0.0142. The van der Waals surface area contributed by atoms with Gasteiger partial charge >= 0.3 is 6.18 Å². The fraction of sp³-hybridized carbons (Fsp3) is 0.833. The molecule has 0 radical (unpaired) electrons. The van der Waals surface area contributed by atoms with Crippen LogP contribution in [-0.4, -0.2) is 55.1 Å². The third kappa shape index (κ3) is 3.62. The number of nitrogens with one attached hydrogen (secondary N) is 2. The monoisotopic (exact) mass is 293 g/mol. The van der Waals surface area contributed by atoms with Gasteiger partial charge in [-0.05, 0) is 19.3 Å². The Hall–Kier alpha value is -1.31. The number of halogens is 3. The van der Waals surface area contributed by atoms with E-state index in [1.54, 1.807) is 0 Å². The summed E-state index contributed by atoms with van der Waals surface area (Å²) in [5.74, 6) is -1.89. The van der Waals surface area contributed by atoms with Crippen molar-refractivity contribution < 1.29 is 22.8 Å². The summed E-state index contributed by atoms with van der Waals surface area (Å²) in [4.78, 5) is 25.0. The third-order valence-electron chi connectivity index (χ3n) is 3.75. The number of carbonyl (C=O) groups excluding carboxylic acids is 2. The molecular weight excluding hydrogens is 275 g/mol. The Bertz CT molecular complexity index is 379. The van der Waals surface area contributed by atoms with Crippen molar-refractivity contribution in [3.8, 4) is 0 Å². The molecule has 2 saturated heterocycles. The van der Waals surface area contributed by atoms with E-state index in [1.807, 2.05) is 0 Å². The first-order valence-corrected chi connectivity index (χ1v) is 6.73. The highest BCUT2D eigenvalue weighted by Crippen LogP contribution is 2.32. The molecule has 0 aromatic carbocycles. The van der Waals surface area contributed by atoms with Crippen LogP contribution in [0.3, 0.4) is 0 Å². The summed E-state index contributed by atoms with van der Waals surface area (Å²) in [6.07, 6.45) is -3.45. The van der Waals surface area contributed by atoms with Crippen LogP contribution in [0.1, 0.15) is 19.3 Å². The Morgan fingerprint density at radius 2 is 2.05 bits per heavy atom. The van der Waals surface area contributed by atoms with Crippen LogP contribution >= 0.6 is 0 Å². The Kier molecular flexibility index (Phi) is 4.52. The number of hydrogen-bond acceptors (Lipinski definition) is 3. The molecule has 2 N–H and O–H groups in total. The van der Waals surface area contributed by atoms with Gasteiger partial charge in [0.25, 0.3) is 0 Å². The van der Waals surface area contributed by atoms with Gasteiger partial charge in [0, 0.05) is 19.6 Å². The van der Waals surface area contributed by atoms with E-state index in [-0.39, 0.29) is 37.7 Å². The van der Waals surface area contributed by atoms with Crippen molar-refractivity contribution in [1.82, 2.24) is 15.5 Å². The van der Waals surface area contributed by atoms with Crippen LogP contribution in [0.15, 0.2) is 0 Å². The van der Waals surface area contributed by atoms with Crippen molar-refractivity contribution in [3.05, 3.63) is 0 Å². The van der Waals surface area contributed by atoms with Gasteiger partial charge in [0.15, 0.2) is 0 Å². The average Bonchev–Trinajstić information content (AvgIpc) is 2.62. The topological polar surface area (TPSA) is 61.4 Å². The van der Waals surface area contributed by atoms with Crippen LogP contribution in [0.25, 0.3) is 0 Å². The lowest BCUT2D eigenvalue weighted by atomic mass is 9.93. The van der Waals surface area contributed by atoms with E-state index in [9.17, 15) is 22.8 Å². The minimum atomic E-state index is -4.22.